The van der Waals surface area contributed by atoms with E-state index in [1.165, 1.54) is 0 Å². The van der Waals surface area contributed by atoms with Crippen molar-refractivity contribution in [3.8, 4) is 0 Å². The summed E-state index contributed by atoms with van der Waals surface area (Å²) in [5, 5.41) is 6.58. The number of hydrogen-bond donors (Lipinski definition) is 2. The first-order chi connectivity index (χ1) is 14.5. The van der Waals surface area contributed by atoms with Gasteiger partial charge in [-0.05, 0) is 35.9 Å². The Morgan fingerprint density at radius 1 is 1.20 bits per heavy atom. The summed E-state index contributed by atoms with van der Waals surface area (Å²) in [7, 11) is 1.86. The third-order valence-electron chi connectivity index (χ3n) is 5.52. The smallest absolute Gasteiger partial charge is 0.251 e. The van der Waals surface area contributed by atoms with Crippen molar-refractivity contribution in [1.29, 1.82) is 0 Å². The van der Waals surface area contributed by atoms with Crippen LogP contribution in [0.25, 0.3) is 0 Å². The molecule has 1 saturated heterocycles. The average molecular weight is 429 g/mol. The minimum absolute atomic E-state index is 0.0265. The van der Waals surface area contributed by atoms with Crippen molar-refractivity contribution in [2.45, 2.75) is 6.04 Å². The zero-order chi connectivity index (χ0) is 21.1. The number of carbonyl (C=O) groups is 2. The Morgan fingerprint density at radius 2 is 1.93 bits per heavy atom. The first kappa shape index (κ1) is 20.7. The van der Waals surface area contributed by atoms with Crippen molar-refractivity contribution in [3.63, 3.8) is 0 Å². The van der Waals surface area contributed by atoms with Gasteiger partial charge >= 0.3 is 0 Å². The van der Waals surface area contributed by atoms with Gasteiger partial charge in [0, 0.05) is 37.3 Å². The van der Waals surface area contributed by atoms with Crippen LogP contribution in [0.4, 0.5) is 11.4 Å². The molecule has 8 heteroatoms. The molecule has 2 aromatic rings. The number of anilines is 2. The van der Waals surface area contributed by atoms with Crippen molar-refractivity contribution < 1.29 is 14.3 Å². The molecule has 30 heavy (non-hydrogen) atoms. The molecule has 0 bridgehead atoms. The molecule has 2 N–H and O–H groups in total. The maximum absolute atomic E-state index is 12.9. The zero-order valence-electron chi connectivity index (χ0n) is 16.9. The van der Waals surface area contributed by atoms with Gasteiger partial charge < -0.3 is 20.3 Å². The van der Waals surface area contributed by atoms with Gasteiger partial charge in [0.2, 0.25) is 5.91 Å². The van der Waals surface area contributed by atoms with Crippen molar-refractivity contribution in [2.75, 3.05) is 56.7 Å². The first-order valence-corrected chi connectivity index (χ1v) is 10.4. The lowest BCUT2D eigenvalue weighted by Crippen LogP contribution is -2.43. The maximum Gasteiger partial charge on any atom is 0.251 e. The zero-order valence-corrected chi connectivity index (χ0v) is 17.6. The summed E-state index contributed by atoms with van der Waals surface area (Å²) >= 11 is 6.05. The van der Waals surface area contributed by atoms with Crippen LogP contribution in [0, 0.1) is 0 Å². The number of amides is 2. The average Bonchev–Trinajstić information content (AvgIpc) is 2.75. The molecule has 2 aliphatic heterocycles. The number of halogens is 1. The SMILES string of the molecule is CN1CC(=O)Nc2cc(C(=O)NCC(c3ccc(Cl)cc3)N3CCOCC3)ccc21. The predicted octanol–water partition coefficient (Wildman–Crippen LogP) is 2.53. The van der Waals surface area contributed by atoms with E-state index in [0.29, 0.717) is 42.6 Å². The number of ether oxygens (including phenoxy) is 1. The third kappa shape index (κ3) is 4.59. The van der Waals surface area contributed by atoms with E-state index in [9.17, 15) is 9.59 Å². The molecule has 0 spiro atoms. The Balaban J connectivity index is 1.49. The van der Waals surface area contributed by atoms with E-state index < -0.39 is 0 Å². The molecule has 7 nitrogen and oxygen atoms in total. The van der Waals surface area contributed by atoms with Gasteiger partial charge in [-0.1, -0.05) is 23.7 Å². The highest BCUT2D eigenvalue weighted by atomic mass is 35.5. The molecule has 158 valence electrons. The summed E-state index contributed by atoms with van der Waals surface area (Å²) in [5.74, 6) is -0.259. The molecule has 1 fully saturated rings. The highest BCUT2D eigenvalue weighted by Gasteiger charge is 2.24. The van der Waals surface area contributed by atoms with E-state index in [-0.39, 0.29) is 17.9 Å². The van der Waals surface area contributed by atoms with E-state index in [4.69, 9.17) is 16.3 Å². The van der Waals surface area contributed by atoms with Crippen LogP contribution in [-0.4, -0.2) is 63.2 Å². The molecule has 1 atom stereocenters. The second kappa shape index (κ2) is 9.04. The number of fused-ring (bicyclic) bond motifs is 1. The lowest BCUT2D eigenvalue weighted by molar-refractivity contribution is -0.115. The van der Waals surface area contributed by atoms with Crippen LogP contribution in [-0.2, 0) is 9.53 Å². The second-order valence-electron chi connectivity index (χ2n) is 7.56. The monoisotopic (exact) mass is 428 g/mol. The molecule has 0 saturated carbocycles. The van der Waals surface area contributed by atoms with Crippen molar-refractivity contribution >= 4 is 34.8 Å². The fraction of sp³-hybridized carbons (Fsp3) is 0.364. The van der Waals surface area contributed by atoms with Gasteiger partial charge in [-0.2, -0.15) is 0 Å². The third-order valence-corrected chi connectivity index (χ3v) is 5.77. The number of likely N-dealkylation sites (N-methyl/N-ethyl adjacent to an activating group) is 1. The fourth-order valence-corrected chi connectivity index (χ4v) is 4.05. The lowest BCUT2D eigenvalue weighted by Gasteiger charge is -2.35. The van der Waals surface area contributed by atoms with Gasteiger partial charge in [-0.25, -0.2) is 0 Å². The van der Waals surface area contributed by atoms with Gasteiger partial charge in [0.05, 0.1) is 37.2 Å². The lowest BCUT2D eigenvalue weighted by atomic mass is 10.0. The van der Waals surface area contributed by atoms with Gasteiger partial charge in [-0.3, -0.25) is 14.5 Å². The van der Waals surface area contributed by atoms with Crippen LogP contribution >= 0.6 is 11.6 Å². The molecule has 2 aromatic carbocycles. The number of hydrogen-bond acceptors (Lipinski definition) is 5. The highest BCUT2D eigenvalue weighted by molar-refractivity contribution is 6.30. The number of nitrogens with zero attached hydrogens (tertiary/aromatic N) is 2. The van der Waals surface area contributed by atoms with Gasteiger partial charge in [0.1, 0.15) is 0 Å². The highest BCUT2D eigenvalue weighted by Crippen LogP contribution is 2.29. The summed E-state index contributed by atoms with van der Waals surface area (Å²) in [4.78, 5) is 28.9. The van der Waals surface area contributed by atoms with Gasteiger partial charge in [-0.15, -0.1) is 0 Å². The Bertz CT molecular complexity index is 928. The van der Waals surface area contributed by atoms with E-state index in [1.807, 2.05) is 42.3 Å². The summed E-state index contributed by atoms with van der Waals surface area (Å²) in [6.07, 6.45) is 0. The largest absolute Gasteiger partial charge is 0.379 e. The molecule has 2 aliphatic rings. The Hall–Kier alpha value is -2.61. The minimum Gasteiger partial charge on any atom is -0.379 e. The van der Waals surface area contributed by atoms with E-state index in [2.05, 4.69) is 15.5 Å². The van der Waals surface area contributed by atoms with E-state index >= 15 is 0 Å². The van der Waals surface area contributed by atoms with Crippen LogP contribution in [0.3, 0.4) is 0 Å². The van der Waals surface area contributed by atoms with Crippen molar-refractivity contribution in [1.82, 2.24) is 10.2 Å². The van der Waals surface area contributed by atoms with E-state index in [1.54, 1.807) is 12.1 Å². The number of carbonyl (C=O) groups excluding carboxylic acids is 2. The second-order valence-corrected chi connectivity index (χ2v) is 8.00. The standard InChI is InChI=1S/C22H25ClN4O3/c1-26-14-21(28)25-18-12-16(4-7-19(18)26)22(29)24-13-20(27-8-10-30-11-9-27)15-2-5-17(23)6-3-15/h2-7,12,20H,8-11,13-14H2,1H3,(H,24,29)(H,25,28). The minimum atomic E-state index is -0.174. The van der Waals surface area contributed by atoms with Crippen LogP contribution in [0.5, 0.6) is 0 Å². The molecule has 2 amide bonds. The van der Waals surface area contributed by atoms with Crippen LogP contribution in [0.15, 0.2) is 42.5 Å². The molecule has 0 aliphatic carbocycles. The quantitative estimate of drug-likeness (QED) is 0.765. The topological polar surface area (TPSA) is 73.9 Å². The molecule has 0 radical (unpaired) electrons. The summed E-state index contributed by atoms with van der Waals surface area (Å²) in [5.41, 5.74) is 3.17. The summed E-state index contributed by atoms with van der Waals surface area (Å²) in [6.45, 7) is 3.73. The molecule has 4 rings (SSSR count). The predicted molar refractivity (Wildman–Crippen MR) is 117 cm³/mol. The Morgan fingerprint density at radius 3 is 2.67 bits per heavy atom. The number of nitrogens with one attached hydrogen (secondary N) is 2. The van der Waals surface area contributed by atoms with Crippen LogP contribution in [0.2, 0.25) is 5.02 Å². The first-order valence-electron chi connectivity index (χ1n) is 10.0. The van der Waals surface area contributed by atoms with Crippen LogP contribution < -0.4 is 15.5 Å². The number of rotatable bonds is 5. The number of morpholine rings is 1. The van der Waals surface area contributed by atoms with Gasteiger partial charge in [0.25, 0.3) is 5.91 Å². The Kier molecular flexibility index (Phi) is 6.22. The molecule has 2 heterocycles. The normalized spacial score (nSPS) is 17.8. The molecule has 1 unspecified atom stereocenters. The van der Waals surface area contributed by atoms with Gasteiger partial charge in [0.15, 0.2) is 0 Å². The fourth-order valence-electron chi connectivity index (χ4n) is 3.92. The molecular formula is C22H25ClN4O3. The van der Waals surface area contributed by atoms with Crippen molar-refractivity contribution in [2.24, 2.45) is 0 Å². The maximum atomic E-state index is 12.9. The van der Waals surface area contributed by atoms with E-state index in [0.717, 1.165) is 24.3 Å². The molecule has 0 aromatic heterocycles. The summed E-state index contributed by atoms with van der Waals surface area (Å²) in [6, 6.07) is 13.1. The number of benzene rings is 2. The van der Waals surface area contributed by atoms with Crippen LogP contribution in [0.1, 0.15) is 22.0 Å². The molecular weight excluding hydrogens is 404 g/mol. The Labute approximate surface area is 180 Å². The van der Waals surface area contributed by atoms with Crippen molar-refractivity contribution in [3.05, 3.63) is 58.6 Å². The summed E-state index contributed by atoms with van der Waals surface area (Å²) < 4.78 is 5.48.